The molecule has 0 saturated heterocycles. The third kappa shape index (κ3) is 1.10. The molecule has 2 aliphatic rings. The third-order valence-electron chi connectivity index (χ3n) is 2.93. The highest BCUT2D eigenvalue weighted by Gasteiger charge is 2.29. The van der Waals surface area contributed by atoms with Crippen molar-refractivity contribution in [2.75, 3.05) is 16.0 Å². The van der Waals surface area contributed by atoms with Crippen molar-refractivity contribution < 1.29 is 4.79 Å². The van der Waals surface area contributed by atoms with Crippen molar-refractivity contribution in [3.63, 3.8) is 0 Å². The minimum absolute atomic E-state index is 0.0537. The molecule has 0 aromatic heterocycles. The maximum atomic E-state index is 11.4. The molecule has 5 N–H and O–H groups in total. The Bertz CT molecular complexity index is 457. The molecule has 3 rings (SSSR count). The molecule has 2 unspecified atom stereocenters. The first kappa shape index (κ1) is 8.55. The molecular weight excluding hydrogens is 192 g/mol. The molecule has 0 spiro atoms. The molecule has 1 amide bonds. The lowest BCUT2D eigenvalue weighted by Crippen LogP contribution is -2.31. The van der Waals surface area contributed by atoms with E-state index < -0.39 is 0 Å². The number of hydrogen-bond donors (Lipinski definition) is 4. The lowest BCUT2D eigenvalue weighted by atomic mass is 10.0. The number of carbonyl (C=O) groups is 1. The van der Waals surface area contributed by atoms with Gasteiger partial charge in [0.25, 0.3) is 0 Å². The van der Waals surface area contributed by atoms with Crippen molar-refractivity contribution in [3.05, 3.63) is 17.7 Å². The van der Waals surface area contributed by atoms with Crippen LogP contribution in [0.3, 0.4) is 0 Å². The van der Waals surface area contributed by atoms with Crippen LogP contribution < -0.4 is 21.7 Å². The van der Waals surface area contributed by atoms with E-state index in [1.165, 1.54) is 0 Å². The molecule has 2 heterocycles. The summed E-state index contributed by atoms with van der Waals surface area (Å²) in [5.74, 6) is -0.0260. The number of amides is 1. The molecule has 0 bridgehead atoms. The van der Waals surface area contributed by atoms with Gasteiger partial charge in [-0.3, -0.25) is 10.5 Å². The highest BCUT2D eigenvalue weighted by Crippen LogP contribution is 2.40. The van der Waals surface area contributed by atoms with E-state index in [9.17, 15) is 4.79 Å². The number of fused-ring (bicyclic) bond motifs is 2. The van der Waals surface area contributed by atoms with E-state index in [-0.39, 0.29) is 18.1 Å². The second-order valence-corrected chi connectivity index (χ2v) is 3.96. The second-order valence-electron chi connectivity index (χ2n) is 3.96. The van der Waals surface area contributed by atoms with Crippen LogP contribution >= 0.6 is 0 Å². The van der Waals surface area contributed by atoms with Crippen LogP contribution in [-0.2, 0) is 4.79 Å². The van der Waals surface area contributed by atoms with Gasteiger partial charge < -0.3 is 16.0 Å². The summed E-state index contributed by atoms with van der Waals surface area (Å²) in [5, 5.41) is 9.01. The van der Waals surface area contributed by atoms with Crippen molar-refractivity contribution in [2.45, 2.75) is 19.1 Å². The van der Waals surface area contributed by atoms with E-state index in [2.05, 4.69) is 16.0 Å². The molecular formula is C10H12N4O. The number of carbonyl (C=O) groups excluding carboxylic acids is 1. The van der Waals surface area contributed by atoms with Crippen molar-refractivity contribution in [3.8, 4) is 0 Å². The average molecular weight is 204 g/mol. The fraction of sp³-hybridized carbons (Fsp3) is 0.300. The van der Waals surface area contributed by atoms with Gasteiger partial charge in [-0.1, -0.05) is 0 Å². The van der Waals surface area contributed by atoms with Gasteiger partial charge in [0.15, 0.2) is 6.29 Å². The Morgan fingerprint density at radius 3 is 2.60 bits per heavy atom. The Kier molecular flexibility index (Phi) is 1.50. The Morgan fingerprint density at radius 1 is 1.20 bits per heavy atom. The molecule has 2 aliphatic heterocycles. The first-order chi connectivity index (χ1) is 7.15. The van der Waals surface area contributed by atoms with E-state index >= 15 is 0 Å². The van der Waals surface area contributed by atoms with E-state index in [4.69, 9.17) is 5.73 Å². The van der Waals surface area contributed by atoms with E-state index in [1.807, 2.05) is 19.1 Å². The summed E-state index contributed by atoms with van der Waals surface area (Å²) >= 11 is 0. The van der Waals surface area contributed by atoms with Crippen LogP contribution in [0.1, 0.15) is 18.4 Å². The summed E-state index contributed by atoms with van der Waals surface area (Å²) < 4.78 is 0. The molecule has 5 nitrogen and oxygen atoms in total. The highest BCUT2D eigenvalue weighted by atomic mass is 16.2. The molecule has 0 radical (unpaired) electrons. The van der Waals surface area contributed by atoms with Crippen LogP contribution in [0.15, 0.2) is 12.1 Å². The van der Waals surface area contributed by atoms with Gasteiger partial charge in [-0.05, 0) is 24.6 Å². The monoisotopic (exact) mass is 204 g/mol. The summed E-state index contributed by atoms with van der Waals surface area (Å²) in [6, 6.07) is 3.90. The number of nitrogens with one attached hydrogen (secondary N) is 3. The number of benzene rings is 1. The maximum absolute atomic E-state index is 11.4. The summed E-state index contributed by atoms with van der Waals surface area (Å²) in [7, 11) is 0. The fourth-order valence-electron chi connectivity index (χ4n) is 2.08. The zero-order valence-corrected chi connectivity index (χ0v) is 8.29. The fourth-order valence-corrected chi connectivity index (χ4v) is 2.08. The maximum Gasteiger partial charge on any atom is 0.231 e. The molecule has 5 heteroatoms. The highest BCUT2D eigenvalue weighted by molar-refractivity contribution is 6.04. The van der Waals surface area contributed by atoms with Crippen LogP contribution in [0.2, 0.25) is 0 Å². The van der Waals surface area contributed by atoms with Crippen LogP contribution in [0.25, 0.3) is 0 Å². The lowest BCUT2D eigenvalue weighted by Gasteiger charge is -2.04. The van der Waals surface area contributed by atoms with E-state index in [0.29, 0.717) is 0 Å². The molecule has 78 valence electrons. The lowest BCUT2D eigenvalue weighted by molar-refractivity contribution is -0.116. The standard InChI is InChI=1S/C10H12N4O/c1-4-5-2-7-8(14-10(11)13-7)3-6(5)12-9(4)15/h2-4,10,13-14H,11H2,1H3,(H,12,15). The van der Waals surface area contributed by atoms with Crippen LogP contribution in [0, 0.1) is 0 Å². The first-order valence-corrected chi connectivity index (χ1v) is 4.92. The smallest absolute Gasteiger partial charge is 0.231 e. The van der Waals surface area contributed by atoms with Crippen molar-refractivity contribution in [1.29, 1.82) is 0 Å². The number of anilines is 3. The van der Waals surface area contributed by atoms with Gasteiger partial charge in [-0.25, -0.2) is 0 Å². The Balaban J connectivity index is 2.11. The number of nitrogens with two attached hydrogens (primary N) is 1. The quantitative estimate of drug-likeness (QED) is 0.504. The third-order valence-corrected chi connectivity index (χ3v) is 2.93. The molecule has 0 aliphatic carbocycles. The van der Waals surface area contributed by atoms with Crippen LogP contribution in [0.4, 0.5) is 17.1 Å². The molecule has 0 fully saturated rings. The van der Waals surface area contributed by atoms with E-state index in [0.717, 1.165) is 22.6 Å². The van der Waals surface area contributed by atoms with Crippen LogP contribution in [0.5, 0.6) is 0 Å². The predicted octanol–water partition coefficient (Wildman–Crippen LogP) is 0.822. The topological polar surface area (TPSA) is 79.2 Å². The molecule has 2 atom stereocenters. The van der Waals surface area contributed by atoms with Gasteiger partial charge in [-0.2, -0.15) is 0 Å². The van der Waals surface area contributed by atoms with E-state index in [1.54, 1.807) is 0 Å². The minimum Gasteiger partial charge on any atom is -0.352 e. The SMILES string of the molecule is CC1C(=O)Nc2cc3c(cc21)NC(N)N3. The summed E-state index contributed by atoms with van der Waals surface area (Å²) in [6.45, 7) is 1.90. The summed E-state index contributed by atoms with van der Waals surface area (Å²) in [6.07, 6.45) is -0.242. The molecule has 1 aromatic rings. The Hall–Kier alpha value is -1.75. The number of rotatable bonds is 0. The minimum atomic E-state index is -0.242. The summed E-state index contributed by atoms with van der Waals surface area (Å²) in [5.41, 5.74) is 9.51. The Labute approximate surface area is 87.0 Å². The zero-order chi connectivity index (χ0) is 10.6. The predicted molar refractivity (Wildman–Crippen MR) is 58.7 cm³/mol. The second kappa shape index (κ2) is 2.64. The van der Waals surface area contributed by atoms with Crippen molar-refractivity contribution in [1.82, 2.24) is 0 Å². The molecule has 15 heavy (non-hydrogen) atoms. The van der Waals surface area contributed by atoms with Gasteiger partial charge in [-0.15, -0.1) is 0 Å². The molecule has 1 aromatic carbocycles. The average Bonchev–Trinajstić information content (AvgIpc) is 2.65. The zero-order valence-electron chi connectivity index (χ0n) is 8.29. The largest absolute Gasteiger partial charge is 0.352 e. The van der Waals surface area contributed by atoms with Gasteiger partial charge in [0.1, 0.15) is 0 Å². The van der Waals surface area contributed by atoms with Crippen molar-refractivity contribution in [2.24, 2.45) is 5.73 Å². The number of hydrogen-bond acceptors (Lipinski definition) is 4. The van der Waals surface area contributed by atoms with Crippen LogP contribution in [-0.4, -0.2) is 12.2 Å². The normalized spacial score (nSPS) is 26.4. The van der Waals surface area contributed by atoms with Gasteiger partial charge >= 0.3 is 0 Å². The summed E-state index contributed by atoms with van der Waals surface area (Å²) in [4.78, 5) is 11.4. The van der Waals surface area contributed by atoms with Crippen molar-refractivity contribution >= 4 is 23.0 Å². The molecule has 0 saturated carbocycles. The van der Waals surface area contributed by atoms with Gasteiger partial charge in [0.05, 0.1) is 17.3 Å². The first-order valence-electron chi connectivity index (χ1n) is 4.92. The Morgan fingerprint density at radius 2 is 1.87 bits per heavy atom. The van der Waals surface area contributed by atoms with Gasteiger partial charge in [0, 0.05) is 5.69 Å². The van der Waals surface area contributed by atoms with Gasteiger partial charge in [0.2, 0.25) is 5.91 Å².